The van der Waals surface area contributed by atoms with Crippen LogP contribution >= 0.6 is 0 Å². The van der Waals surface area contributed by atoms with Gasteiger partial charge in [-0.15, -0.1) is 0 Å². The van der Waals surface area contributed by atoms with Crippen molar-refractivity contribution in [3.05, 3.63) is 65.5 Å². The SMILES string of the molecule is O=C(NCc1cccnc1)[C@@H]1COC2(CCCCC2)N1C(=O)c1ccc(F)cc1F. The van der Waals surface area contributed by atoms with Gasteiger partial charge in [-0.2, -0.15) is 0 Å². The number of rotatable bonds is 4. The number of carbonyl (C=O) groups is 2. The molecule has 8 heteroatoms. The third kappa shape index (κ3) is 3.92. The molecule has 1 aliphatic heterocycles. The van der Waals surface area contributed by atoms with E-state index in [0.29, 0.717) is 18.9 Å². The molecule has 158 valence electrons. The quantitative estimate of drug-likeness (QED) is 0.833. The topological polar surface area (TPSA) is 71.5 Å². The molecule has 4 rings (SSSR count). The summed E-state index contributed by atoms with van der Waals surface area (Å²) in [6.45, 7) is 0.288. The molecule has 1 spiro atoms. The van der Waals surface area contributed by atoms with Gasteiger partial charge in [-0.25, -0.2) is 8.78 Å². The summed E-state index contributed by atoms with van der Waals surface area (Å²) < 4.78 is 33.7. The van der Waals surface area contributed by atoms with Crippen LogP contribution in [0.4, 0.5) is 8.78 Å². The van der Waals surface area contributed by atoms with Gasteiger partial charge in [0.1, 0.15) is 23.4 Å². The molecule has 1 saturated carbocycles. The van der Waals surface area contributed by atoms with Gasteiger partial charge in [0.25, 0.3) is 5.91 Å². The predicted molar refractivity (Wildman–Crippen MR) is 104 cm³/mol. The van der Waals surface area contributed by atoms with E-state index in [-0.39, 0.29) is 24.6 Å². The van der Waals surface area contributed by atoms with Gasteiger partial charge >= 0.3 is 0 Å². The molecule has 1 atom stereocenters. The summed E-state index contributed by atoms with van der Waals surface area (Å²) in [6.07, 6.45) is 7.14. The van der Waals surface area contributed by atoms with Crippen molar-refractivity contribution in [2.75, 3.05) is 6.61 Å². The van der Waals surface area contributed by atoms with E-state index in [1.165, 1.54) is 4.90 Å². The first-order chi connectivity index (χ1) is 14.5. The third-order valence-electron chi connectivity index (χ3n) is 5.77. The number of hydrogen-bond donors (Lipinski definition) is 1. The molecular formula is C22H23F2N3O3. The molecule has 2 heterocycles. The van der Waals surface area contributed by atoms with Crippen LogP contribution < -0.4 is 5.32 Å². The normalized spacial score (nSPS) is 20.3. The van der Waals surface area contributed by atoms with Crippen LogP contribution in [0.3, 0.4) is 0 Å². The molecule has 0 unspecified atom stereocenters. The van der Waals surface area contributed by atoms with Gasteiger partial charge in [0.15, 0.2) is 0 Å². The van der Waals surface area contributed by atoms with Gasteiger partial charge in [0, 0.05) is 25.0 Å². The van der Waals surface area contributed by atoms with Gasteiger partial charge in [-0.05, 0) is 49.4 Å². The monoisotopic (exact) mass is 415 g/mol. The standard InChI is InChI=1S/C22H23F2N3O3/c23-16-6-7-17(18(24)11-16)21(29)27-19(14-30-22(27)8-2-1-3-9-22)20(28)26-13-15-5-4-10-25-12-15/h4-7,10-12,19H,1-3,8-9,13-14H2,(H,26,28)/t19-/m0/s1. The van der Waals surface area contributed by atoms with Gasteiger partial charge in [-0.1, -0.05) is 12.5 Å². The van der Waals surface area contributed by atoms with Crippen molar-refractivity contribution in [1.82, 2.24) is 15.2 Å². The Kier molecular flexibility index (Phi) is 5.76. The minimum Gasteiger partial charge on any atom is -0.353 e. The lowest BCUT2D eigenvalue weighted by atomic mass is 9.89. The Labute approximate surface area is 173 Å². The second-order valence-electron chi connectivity index (χ2n) is 7.71. The number of nitrogens with zero attached hydrogens (tertiary/aromatic N) is 2. The van der Waals surface area contributed by atoms with Crippen LogP contribution in [-0.4, -0.2) is 40.1 Å². The van der Waals surface area contributed by atoms with E-state index in [2.05, 4.69) is 10.3 Å². The van der Waals surface area contributed by atoms with E-state index in [1.807, 2.05) is 6.07 Å². The fourth-order valence-electron chi connectivity index (χ4n) is 4.27. The van der Waals surface area contributed by atoms with Gasteiger partial charge in [0.2, 0.25) is 5.91 Å². The van der Waals surface area contributed by atoms with Crippen LogP contribution in [-0.2, 0) is 16.1 Å². The first kappa shape index (κ1) is 20.4. The van der Waals surface area contributed by atoms with E-state index < -0.39 is 29.3 Å². The zero-order chi connectivity index (χ0) is 21.1. The molecule has 1 saturated heterocycles. The van der Waals surface area contributed by atoms with Gasteiger partial charge in [0.05, 0.1) is 12.2 Å². The van der Waals surface area contributed by atoms with Gasteiger partial charge < -0.3 is 10.1 Å². The number of nitrogens with one attached hydrogen (secondary N) is 1. The van der Waals surface area contributed by atoms with Crippen LogP contribution in [0.25, 0.3) is 0 Å². The Morgan fingerprint density at radius 3 is 2.70 bits per heavy atom. The molecule has 1 aromatic carbocycles. The summed E-state index contributed by atoms with van der Waals surface area (Å²) in [4.78, 5) is 31.7. The summed E-state index contributed by atoms with van der Waals surface area (Å²) in [7, 11) is 0. The summed E-state index contributed by atoms with van der Waals surface area (Å²) >= 11 is 0. The molecule has 1 aliphatic carbocycles. The Balaban J connectivity index is 1.60. The number of hydrogen-bond acceptors (Lipinski definition) is 4. The van der Waals surface area contributed by atoms with Crippen LogP contribution in [0.1, 0.15) is 48.0 Å². The fraction of sp³-hybridized carbons (Fsp3) is 0.409. The lowest BCUT2D eigenvalue weighted by Gasteiger charge is -2.41. The molecule has 30 heavy (non-hydrogen) atoms. The Hall–Kier alpha value is -2.87. The molecule has 6 nitrogen and oxygen atoms in total. The predicted octanol–water partition coefficient (Wildman–Crippen LogP) is 3.18. The second-order valence-corrected chi connectivity index (χ2v) is 7.71. The Morgan fingerprint density at radius 2 is 2.00 bits per heavy atom. The van der Waals surface area contributed by atoms with Crippen LogP contribution in [0.5, 0.6) is 0 Å². The molecule has 0 bridgehead atoms. The average molecular weight is 415 g/mol. The van der Waals surface area contributed by atoms with E-state index in [1.54, 1.807) is 18.5 Å². The molecule has 2 aromatic rings. The number of pyridine rings is 1. The lowest BCUT2D eigenvalue weighted by Crippen LogP contribution is -2.56. The number of amides is 2. The average Bonchev–Trinajstić information content (AvgIpc) is 3.11. The van der Waals surface area contributed by atoms with E-state index in [4.69, 9.17) is 4.74 Å². The summed E-state index contributed by atoms with van der Waals surface area (Å²) in [6, 6.07) is 5.54. The number of ether oxygens (including phenoxy) is 1. The number of aromatic nitrogens is 1. The zero-order valence-corrected chi connectivity index (χ0v) is 16.4. The minimum atomic E-state index is -0.952. The molecule has 1 N–H and O–H groups in total. The highest BCUT2D eigenvalue weighted by Gasteiger charge is 2.53. The molecule has 2 fully saturated rings. The highest BCUT2D eigenvalue weighted by atomic mass is 19.1. The molecule has 0 radical (unpaired) electrons. The summed E-state index contributed by atoms with van der Waals surface area (Å²) in [5.74, 6) is -2.75. The van der Waals surface area contributed by atoms with Crippen molar-refractivity contribution in [2.24, 2.45) is 0 Å². The summed E-state index contributed by atoms with van der Waals surface area (Å²) in [5, 5.41) is 2.82. The van der Waals surface area contributed by atoms with Gasteiger partial charge in [-0.3, -0.25) is 19.5 Å². The van der Waals surface area contributed by atoms with Crippen molar-refractivity contribution in [2.45, 2.75) is 50.4 Å². The first-order valence-corrected chi connectivity index (χ1v) is 10.1. The summed E-state index contributed by atoms with van der Waals surface area (Å²) in [5.41, 5.74) is -0.386. The molecule has 2 amide bonds. The van der Waals surface area contributed by atoms with Crippen LogP contribution in [0.15, 0.2) is 42.7 Å². The maximum Gasteiger partial charge on any atom is 0.259 e. The molecule has 1 aromatic heterocycles. The minimum absolute atomic E-state index is 0.0351. The largest absolute Gasteiger partial charge is 0.353 e. The highest BCUT2D eigenvalue weighted by Crippen LogP contribution is 2.41. The Morgan fingerprint density at radius 1 is 1.20 bits per heavy atom. The smallest absolute Gasteiger partial charge is 0.259 e. The maximum absolute atomic E-state index is 14.4. The Bertz CT molecular complexity index is 932. The third-order valence-corrected chi connectivity index (χ3v) is 5.77. The van der Waals surface area contributed by atoms with Crippen LogP contribution in [0.2, 0.25) is 0 Å². The number of halogens is 2. The van der Waals surface area contributed by atoms with Crippen molar-refractivity contribution < 1.29 is 23.1 Å². The number of benzene rings is 1. The molecule has 2 aliphatic rings. The van der Waals surface area contributed by atoms with Crippen LogP contribution in [0, 0.1) is 11.6 Å². The zero-order valence-electron chi connectivity index (χ0n) is 16.4. The second kappa shape index (κ2) is 8.47. The fourth-order valence-corrected chi connectivity index (χ4v) is 4.27. The van der Waals surface area contributed by atoms with E-state index in [9.17, 15) is 18.4 Å². The first-order valence-electron chi connectivity index (χ1n) is 10.1. The van der Waals surface area contributed by atoms with E-state index >= 15 is 0 Å². The van der Waals surface area contributed by atoms with E-state index in [0.717, 1.165) is 37.0 Å². The maximum atomic E-state index is 14.4. The van der Waals surface area contributed by atoms with Crippen molar-refractivity contribution >= 4 is 11.8 Å². The van der Waals surface area contributed by atoms with Crippen molar-refractivity contribution in [3.63, 3.8) is 0 Å². The van der Waals surface area contributed by atoms with Crippen molar-refractivity contribution in [1.29, 1.82) is 0 Å². The number of carbonyl (C=O) groups excluding carboxylic acids is 2. The van der Waals surface area contributed by atoms with Crippen molar-refractivity contribution in [3.8, 4) is 0 Å². The molecular weight excluding hydrogens is 392 g/mol. The lowest BCUT2D eigenvalue weighted by molar-refractivity contribution is -0.127. The highest BCUT2D eigenvalue weighted by molar-refractivity contribution is 5.98.